The van der Waals surface area contributed by atoms with E-state index < -0.39 is 0 Å². The van der Waals surface area contributed by atoms with Gasteiger partial charge in [-0.25, -0.2) is 0 Å². The maximum atomic E-state index is 12.2. The van der Waals surface area contributed by atoms with Gasteiger partial charge in [0.05, 0.1) is 29.3 Å². The zero-order valence-corrected chi connectivity index (χ0v) is 13.1. The second-order valence-electron chi connectivity index (χ2n) is 4.78. The van der Waals surface area contributed by atoms with E-state index >= 15 is 0 Å². The lowest BCUT2D eigenvalue weighted by atomic mass is 10.2. The largest absolute Gasteiger partial charge is 0.497 e. The van der Waals surface area contributed by atoms with Crippen molar-refractivity contribution < 1.29 is 9.53 Å². The molecule has 2 N–H and O–H groups in total. The Bertz CT molecular complexity index is 894. The van der Waals surface area contributed by atoms with E-state index in [2.05, 4.69) is 10.9 Å². The maximum Gasteiger partial charge on any atom is 0.279 e. The third-order valence-electron chi connectivity index (χ3n) is 3.28. The number of carbonyl (C=O) groups excluding carboxylic acids is 1. The molecule has 0 spiro atoms. The number of rotatable bonds is 4. The lowest BCUT2D eigenvalue weighted by molar-refractivity contribution is 0.0966. The Balaban J connectivity index is 1.71. The number of hydrogen-bond donors (Lipinski definition) is 2. The van der Waals surface area contributed by atoms with E-state index in [4.69, 9.17) is 10.00 Å². The molecule has 114 valence electrons. The lowest BCUT2D eigenvalue weighted by Crippen LogP contribution is -2.28. The molecule has 0 aliphatic heterocycles. The van der Waals surface area contributed by atoms with Crippen LogP contribution in [-0.2, 0) is 0 Å². The van der Waals surface area contributed by atoms with Crippen LogP contribution in [0.5, 0.6) is 5.75 Å². The van der Waals surface area contributed by atoms with E-state index in [1.165, 1.54) is 11.3 Å². The molecule has 0 atom stereocenters. The molecule has 0 saturated carbocycles. The molecule has 23 heavy (non-hydrogen) atoms. The van der Waals surface area contributed by atoms with Gasteiger partial charge in [0.1, 0.15) is 5.75 Å². The topological polar surface area (TPSA) is 74.2 Å². The predicted molar refractivity (Wildman–Crippen MR) is 90.6 cm³/mol. The molecule has 1 heterocycles. The van der Waals surface area contributed by atoms with Gasteiger partial charge < -0.3 is 4.74 Å². The van der Waals surface area contributed by atoms with Gasteiger partial charge in [0.15, 0.2) is 0 Å². The number of nitriles is 1. The molecule has 1 aromatic heterocycles. The SMILES string of the molecule is COc1ccc2sc(C(=O)NNc3ccc(C#N)cc3)cc2c1. The van der Waals surface area contributed by atoms with E-state index in [9.17, 15) is 4.79 Å². The van der Waals surface area contributed by atoms with Crippen molar-refractivity contribution in [2.45, 2.75) is 0 Å². The molecule has 0 aliphatic rings. The van der Waals surface area contributed by atoms with Crippen LogP contribution in [0.3, 0.4) is 0 Å². The summed E-state index contributed by atoms with van der Waals surface area (Å²) in [5.74, 6) is 0.549. The Morgan fingerprint density at radius 3 is 2.65 bits per heavy atom. The highest BCUT2D eigenvalue weighted by Crippen LogP contribution is 2.28. The molecule has 1 amide bonds. The predicted octanol–water partition coefficient (Wildman–Crippen LogP) is 3.54. The monoisotopic (exact) mass is 323 g/mol. The number of nitrogens with zero attached hydrogens (tertiary/aromatic N) is 1. The molecular formula is C17H13N3O2S. The van der Waals surface area contributed by atoms with Crippen molar-refractivity contribution in [3.05, 3.63) is 59.0 Å². The Morgan fingerprint density at radius 2 is 1.96 bits per heavy atom. The first-order valence-corrected chi connectivity index (χ1v) is 7.65. The minimum atomic E-state index is -0.213. The standard InChI is InChI=1S/C17H13N3O2S/c1-22-14-6-7-15-12(8-14)9-16(23-15)17(21)20-19-13-4-2-11(10-18)3-5-13/h2-9,19H,1H3,(H,20,21). The summed E-state index contributed by atoms with van der Waals surface area (Å²) < 4.78 is 6.21. The number of fused-ring (bicyclic) bond motifs is 1. The second-order valence-corrected chi connectivity index (χ2v) is 5.87. The second kappa shape index (κ2) is 6.38. The highest BCUT2D eigenvalue weighted by molar-refractivity contribution is 7.20. The number of hydrazine groups is 1. The van der Waals surface area contributed by atoms with Crippen LogP contribution in [0.4, 0.5) is 5.69 Å². The van der Waals surface area contributed by atoms with Gasteiger partial charge in [-0.3, -0.25) is 15.6 Å². The molecule has 0 radical (unpaired) electrons. The van der Waals surface area contributed by atoms with Crippen molar-refractivity contribution in [1.29, 1.82) is 5.26 Å². The van der Waals surface area contributed by atoms with E-state index in [1.54, 1.807) is 31.4 Å². The van der Waals surface area contributed by atoms with Crippen LogP contribution >= 0.6 is 11.3 Å². The third kappa shape index (κ3) is 3.25. The molecule has 2 aromatic carbocycles. The highest BCUT2D eigenvalue weighted by atomic mass is 32.1. The van der Waals surface area contributed by atoms with Crippen molar-refractivity contribution >= 4 is 33.0 Å². The minimum Gasteiger partial charge on any atom is -0.497 e. The van der Waals surface area contributed by atoms with Gasteiger partial charge >= 0.3 is 0 Å². The van der Waals surface area contributed by atoms with Crippen molar-refractivity contribution in [1.82, 2.24) is 5.43 Å². The quantitative estimate of drug-likeness (QED) is 0.720. The zero-order chi connectivity index (χ0) is 16.2. The zero-order valence-electron chi connectivity index (χ0n) is 12.3. The number of anilines is 1. The summed E-state index contributed by atoms with van der Waals surface area (Å²) in [6.07, 6.45) is 0. The number of benzene rings is 2. The van der Waals surface area contributed by atoms with Gasteiger partial charge in [-0.1, -0.05) is 0 Å². The summed E-state index contributed by atoms with van der Waals surface area (Å²) >= 11 is 1.42. The first-order chi connectivity index (χ1) is 11.2. The molecule has 0 fully saturated rings. The van der Waals surface area contributed by atoms with Crippen LogP contribution in [0.25, 0.3) is 10.1 Å². The average molecular weight is 323 g/mol. The smallest absolute Gasteiger partial charge is 0.279 e. The van der Waals surface area contributed by atoms with Crippen LogP contribution < -0.4 is 15.6 Å². The summed E-state index contributed by atoms with van der Waals surface area (Å²) in [5, 5.41) is 9.72. The normalized spacial score (nSPS) is 10.1. The number of nitrogens with one attached hydrogen (secondary N) is 2. The Labute approximate surface area is 137 Å². The summed E-state index contributed by atoms with van der Waals surface area (Å²) in [7, 11) is 1.61. The molecular weight excluding hydrogens is 310 g/mol. The van der Waals surface area contributed by atoms with Crippen molar-refractivity contribution in [2.75, 3.05) is 12.5 Å². The van der Waals surface area contributed by atoms with Gasteiger partial charge in [0.2, 0.25) is 0 Å². The average Bonchev–Trinajstić information content (AvgIpc) is 3.03. The molecule has 6 heteroatoms. The number of hydrogen-bond acceptors (Lipinski definition) is 5. The molecule has 0 bridgehead atoms. The van der Waals surface area contributed by atoms with Gasteiger partial charge in [-0.15, -0.1) is 11.3 Å². The van der Waals surface area contributed by atoms with E-state index in [0.29, 0.717) is 16.1 Å². The van der Waals surface area contributed by atoms with Gasteiger partial charge in [0.25, 0.3) is 5.91 Å². The van der Waals surface area contributed by atoms with Crippen molar-refractivity contribution in [3.63, 3.8) is 0 Å². The van der Waals surface area contributed by atoms with Crippen LogP contribution in [0, 0.1) is 11.3 Å². The van der Waals surface area contributed by atoms with E-state index in [0.717, 1.165) is 15.8 Å². The van der Waals surface area contributed by atoms with Crippen molar-refractivity contribution in [2.24, 2.45) is 0 Å². The minimum absolute atomic E-state index is 0.213. The Morgan fingerprint density at radius 1 is 1.17 bits per heavy atom. The fourth-order valence-electron chi connectivity index (χ4n) is 2.08. The summed E-state index contributed by atoms with van der Waals surface area (Å²) in [5.41, 5.74) is 6.76. The number of ether oxygens (including phenoxy) is 1. The van der Waals surface area contributed by atoms with Crippen molar-refractivity contribution in [3.8, 4) is 11.8 Å². The number of thiophene rings is 1. The number of methoxy groups -OCH3 is 1. The number of carbonyl (C=O) groups is 1. The first-order valence-electron chi connectivity index (χ1n) is 6.84. The fraction of sp³-hybridized carbons (Fsp3) is 0.0588. The van der Waals surface area contributed by atoms with Gasteiger partial charge in [-0.2, -0.15) is 5.26 Å². The molecule has 0 saturated heterocycles. The Kier molecular flexibility index (Phi) is 4.13. The van der Waals surface area contributed by atoms with Gasteiger partial charge in [0, 0.05) is 4.70 Å². The van der Waals surface area contributed by atoms with Crippen LogP contribution in [-0.4, -0.2) is 13.0 Å². The number of amides is 1. The molecule has 3 aromatic rings. The molecule has 3 rings (SSSR count). The van der Waals surface area contributed by atoms with E-state index in [-0.39, 0.29) is 5.91 Å². The maximum absolute atomic E-state index is 12.2. The highest BCUT2D eigenvalue weighted by Gasteiger charge is 2.10. The van der Waals surface area contributed by atoms with E-state index in [1.807, 2.05) is 30.3 Å². The summed E-state index contributed by atoms with van der Waals surface area (Å²) in [6.45, 7) is 0. The molecule has 0 unspecified atom stereocenters. The summed E-state index contributed by atoms with van der Waals surface area (Å²) in [4.78, 5) is 12.8. The molecule has 0 aliphatic carbocycles. The van der Waals surface area contributed by atoms with Crippen LogP contribution in [0.15, 0.2) is 48.5 Å². The third-order valence-corrected chi connectivity index (χ3v) is 4.40. The molecule has 5 nitrogen and oxygen atoms in total. The van der Waals surface area contributed by atoms with Gasteiger partial charge in [-0.05, 0) is 53.9 Å². The lowest BCUT2D eigenvalue weighted by Gasteiger charge is -2.06. The summed E-state index contributed by atoms with van der Waals surface area (Å²) in [6, 6.07) is 16.4. The Hall–Kier alpha value is -3.04. The van der Waals surface area contributed by atoms with Crippen LogP contribution in [0.2, 0.25) is 0 Å². The fourth-order valence-corrected chi connectivity index (χ4v) is 3.02. The first kappa shape index (κ1) is 14.9. The van der Waals surface area contributed by atoms with Crippen LogP contribution in [0.1, 0.15) is 15.2 Å².